The van der Waals surface area contributed by atoms with Gasteiger partial charge in [0.05, 0.1) is 0 Å². The van der Waals surface area contributed by atoms with Crippen LogP contribution in [0.1, 0.15) is 17.5 Å². The van der Waals surface area contributed by atoms with Crippen molar-refractivity contribution in [3.05, 3.63) is 81.4 Å². The second-order valence-corrected chi connectivity index (χ2v) is 5.41. The Labute approximate surface area is 111 Å². The molecule has 0 radical (unpaired) electrons. The van der Waals surface area contributed by atoms with Crippen LogP contribution in [-0.2, 0) is 0 Å². The molecule has 5 rings (SSSR count). The summed E-state index contributed by atoms with van der Waals surface area (Å²) >= 11 is 0. The molecule has 0 nitrogen and oxygen atoms in total. The Hall–Kier alpha value is -2.34. The Morgan fingerprint density at radius 1 is 0.842 bits per heavy atom. The van der Waals surface area contributed by atoms with E-state index in [2.05, 4.69) is 60.7 Å². The summed E-state index contributed by atoms with van der Waals surface area (Å²) in [6, 6.07) is 17.9. The van der Waals surface area contributed by atoms with Crippen molar-refractivity contribution in [2.24, 2.45) is 0 Å². The first-order valence-corrected chi connectivity index (χ1v) is 6.78. The van der Waals surface area contributed by atoms with Crippen LogP contribution in [0.5, 0.6) is 0 Å². The zero-order chi connectivity index (χ0) is 12.4. The van der Waals surface area contributed by atoms with Gasteiger partial charge in [-0.2, -0.15) is 0 Å². The van der Waals surface area contributed by atoms with Crippen molar-refractivity contribution in [2.45, 2.75) is 6.42 Å². The summed E-state index contributed by atoms with van der Waals surface area (Å²) in [5, 5.41) is 7.01. The van der Waals surface area contributed by atoms with Gasteiger partial charge in [-0.25, -0.2) is 0 Å². The molecule has 3 aromatic carbocycles. The lowest BCUT2D eigenvalue weighted by molar-refractivity contribution is 1.35. The Balaban J connectivity index is 2.20. The predicted molar refractivity (Wildman–Crippen MR) is 79.4 cm³/mol. The zero-order valence-electron chi connectivity index (χ0n) is 10.5. The van der Waals surface area contributed by atoms with Crippen LogP contribution in [0.15, 0.2) is 54.6 Å². The summed E-state index contributed by atoms with van der Waals surface area (Å²) in [6.07, 6.45) is 5.61. The molecule has 88 valence electrons. The van der Waals surface area contributed by atoms with Crippen LogP contribution in [0, 0.1) is 10.4 Å². The molecular weight excluding hydrogens is 228 g/mol. The van der Waals surface area contributed by atoms with Crippen LogP contribution in [0.25, 0.3) is 22.4 Å². The largest absolute Gasteiger partial charge is 0.0795 e. The highest BCUT2D eigenvalue weighted by molar-refractivity contribution is 5.85. The number of hydrogen-bond donors (Lipinski definition) is 0. The third-order valence-electron chi connectivity index (χ3n) is 4.37. The van der Waals surface area contributed by atoms with Gasteiger partial charge in [-0.3, -0.25) is 0 Å². The van der Waals surface area contributed by atoms with E-state index in [-0.39, 0.29) is 0 Å². The van der Waals surface area contributed by atoms with E-state index < -0.39 is 0 Å². The van der Waals surface area contributed by atoms with Gasteiger partial charge in [-0.1, -0.05) is 48.6 Å². The van der Waals surface area contributed by atoms with Crippen molar-refractivity contribution in [2.75, 3.05) is 0 Å². The minimum absolute atomic E-state index is 1.06. The summed E-state index contributed by atoms with van der Waals surface area (Å²) in [4.78, 5) is 0. The van der Waals surface area contributed by atoms with Crippen LogP contribution < -0.4 is 5.22 Å². The van der Waals surface area contributed by atoms with E-state index in [4.69, 9.17) is 0 Å². The highest BCUT2D eigenvalue weighted by Crippen LogP contribution is 2.30. The molecule has 0 unspecified atom stereocenters. The molecule has 0 amide bonds. The van der Waals surface area contributed by atoms with E-state index in [1.54, 1.807) is 0 Å². The molecule has 0 saturated heterocycles. The number of allylic oxidation sites excluding steroid dienone is 1. The fourth-order valence-electron chi connectivity index (χ4n) is 3.62. The monoisotopic (exact) mass is 240 g/mol. The molecule has 0 aromatic heterocycles. The van der Waals surface area contributed by atoms with E-state index in [0.717, 1.165) is 6.42 Å². The highest BCUT2D eigenvalue weighted by atomic mass is 14.2. The van der Waals surface area contributed by atoms with Crippen molar-refractivity contribution >= 4 is 22.4 Å². The van der Waals surface area contributed by atoms with Gasteiger partial charge in [0.1, 0.15) is 0 Å². The first-order chi connectivity index (χ1) is 9.42. The van der Waals surface area contributed by atoms with Crippen molar-refractivity contribution in [1.82, 2.24) is 0 Å². The van der Waals surface area contributed by atoms with E-state index in [9.17, 15) is 0 Å². The molecule has 0 heterocycles. The number of fused-ring (bicyclic) bond motifs is 5. The first-order valence-electron chi connectivity index (χ1n) is 6.78. The van der Waals surface area contributed by atoms with Gasteiger partial charge in [-0.15, -0.1) is 0 Å². The van der Waals surface area contributed by atoms with Gasteiger partial charge >= 0.3 is 0 Å². The van der Waals surface area contributed by atoms with Crippen molar-refractivity contribution in [3.63, 3.8) is 0 Å². The second-order valence-electron chi connectivity index (χ2n) is 5.41. The number of rotatable bonds is 0. The molecule has 2 aliphatic carbocycles. The molecule has 19 heavy (non-hydrogen) atoms. The van der Waals surface area contributed by atoms with Crippen LogP contribution in [0.2, 0.25) is 0 Å². The lowest BCUT2D eigenvalue weighted by Gasteiger charge is -2.09. The molecule has 0 fully saturated rings. The van der Waals surface area contributed by atoms with Crippen LogP contribution >= 0.6 is 0 Å². The standard InChI is InChI=1S/C19H12/c1-4-12-10-14(7-1)19-16-9-3-6-13-5-2-8-15(18(13)16)17(19)11-12/h1-7,9-11H,8H2. The first kappa shape index (κ1) is 9.57. The maximum Gasteiger partial charge on any atom is -0.00290 e. The topological polar surface area (TPSA) is 0 Å². The smallest absolute Gasteiger partial charge is 0.00290 e. The Bertz CT molecular complexity index is 1020. The maximum atomic E-state index is 2.35. The average molecular weight is 240 g/mol. The predicted octanol–water partition coefficient (Wildman–Crippen LogP) is 3.77. The number of hydrogen-bond acceptors (Lipinski definition) is 0. The van der Waals surface area contributed by atoms with E-state index >= 15 is 0 Å². The molecule has 0 spiro atoms. The lowest BCUT2D eigenvalue weighted by Crippen LogP contribution is -2.11. The third kappa shape index (κ3) is 1.09. The van der Waals surface area contributed by atoms with E-state index in [1.165, 1.54) is 43.1 Å². The molecule has 0 saturated carbocycles. The summed E-state index contributed by atoms with van der Waals surface area (Å²) in [5.41, 5.74) is 4.32. The Morgan fingerprint density at radius 3 is 2.79 bits per heavy atom. The average Bonchev–Trinajstić information content (AvgIpc) is 2.77. The third-order valence-corrected chi connectivity index (χ3v) is 4.37. The SMILES string of the molecule is C1=Cc2cccc3c2=C(C1)c1cc2cccc(c2)c1=3. The lowest BCUT2D eigenvalue weighted by atomic mass is 9.95. The quantitative estimate of drug-likeness (QED) is 0.561. The van der Waals surface area contributed by atoms with E-state index in [0.29, 0.717) is 0 Å². The summed E-state index contributed by atoms with van der Waals surface area (Å²) in [7, 11) is 0. The van der Waals surface area contributed by atoms with Gasteiger partial charge in [0, 0.05) is 0 Å². The highest BCUT2D eigenvalue weighted by Gasteiger charge is 2.17. The van der Waals surface area contributed by atoms with Crippen molar-refractivity contribution in [1.29, 1.82) is 0 Å². The van der Waals surface area contributed by atoms with E-state index in [1.807, 2.05) is 0 Å². The second kappa shape index (κ2) is 3.16. The fourth-order valence-corrected chi connectivity index (χ4v) is 3.62. The normalized spacial score (nSPS) is 14.8. The van der Waals surface area contributed by atoms with Gasteiger partial charge in [0.25, 0.3) is 0 Å². The fraction of sp³-hybridized carbons (Fsp3) is 0.0526. The van der Waals surface area contributed by atoms with Gasteiger partial charge < -0.3 is 0 Å². The summed E-state index contributed by atoms with van der Waals surface area (Å²) < 4.78 is 0. The van der Waals surface area contributed by atoms with Crippen LogP contribution in [0.4, 0.5) is 0 Å². The molecule has 0 aliphatic heterocycles. The molecule has 3 aromatic rings. The van der Waals surface area contributed by atoms with Gasteiger partial charge in [-0.05, 0) is 61.7 Å². The summed E-state index contributed by atoms with van der Waals surface area (Å²) in [6.45, 7) is 0. The molecule has 2 aliphatic rings. The maximum absolute atomic E-state index is 2.35. The molecule has 2 bridgehead atoms. The van der Waals surface area contributed by atoms with Crippen molar-refractivity contribution in [3.8, 4) is 0 Å². The summed E-state index contributed by atoms with van der Waals surface area (Å²) in [5.74, 6) is 0. The Kier molecular flexibility index (Phi) is 1.59. The van der Waals surface area contributed by atoms with Crippen LogP contribution in [-0.4, -0.2) is 0 Å². The molecule has 0 N–H and O–H groups in total. The minimum Gasteiger partial charge on any atom is -0.0795 e. The minimum atomic E-state index is 1.06. The Morgan fingerprint density at radius 2 is 1.79 bits per heavy atom. The zero-order valence-corrected chi connectivity index (χ0v) is 10.5. The van der Waals surface area contributed by atoms with Crippen LogP contribution in [0.3, 0.4) is 0 Å². The van der Waals surface area contributed by atoms with Gasteiger partial charge in [0.2, 0.25) is 0 Å². The number of benzene rings is 3. The molecule has 0 heteroatoms. The van der Waals surface area contributed by atoms with Crippen molar-refractivity contribution < 1.29 is 0 Å². The molecular formula is C19H12. The molecule has 0 atom stereocenters. The van der Waals surface area contributed by atoms with Gasteiger partial charge in [0.15, 0.2) is 0 Å².